The van der Waals surface area contributed by atoms with Gasteiger partial charge < -0.3 is 0 Å². The molecule has 0 aliphatic rings. The first kappa shape index (κ1) is 14.2. The Bertz CT molecular complexity index is 41.3. The van der Waals surface area contributed by atoms with Gasteiger partial charge in [0, 0.05) is 51.4 Å². The van der Waals surface area contributed by atoms with Gasteiger partial charge in [-0.25, -0.2) is 0 Å². The summed E-state index contributed by atoms with van der Waals surface area (Å²) in [5.74, 6) is 0. The Labute approximate surface area is 119 Å². The smallest absolute Gasteiger partial charge is 0 e. The molecule has 0 unspecified atom stereocenters. The number of hydrogen-bond acceptors (Lipinski definition) is 0. The van der Waals surface area contributed by atoms with Crippen molar-refractivity contribution < 1.29 is 3.80 Å². The van der Waals surface area contributed by atoms with E-state index in [1.807, 2.05) is 0 Å². The zero-order valence-electron chi connectivity index (χ0n) is 3.22. The van der Waals surface area contributed by atoms with Crippen LogP contribution in [0.3, 0.4) is 0 Å². The molecule has 0 heterocycles. The average molecular weight is 542 g/mol. The van der Waals surface area contributed by atoms with Crippen molar-refractivity contribution >= 4 is 119 Å². The summed E-state index contributed by atoms with van der Waals surface area (Å²) >= 11 is 16.6. The van der Waals surface area contributed by atoms with Crippen LogP contribution < -0.4 is 0 Å². The van der Waals surface area contributed by atoms with Gasteiger partial charge in [-0.15, -0.1) is 0 Å². The molecule has 1 radical (unpaired) electrons. The van der Waals surface area contributed by atoms with Crippen molar-refractivity contribution in [3.05, 3.63) is 0 Å². The van der Waals surface area contributed by atoms with Crippen LogP contribution in [0.2, 0.25) is 0 Å². The minimum absolute atomic E-state index is 0. The molecule has 7 heteroatoms. The van der Waals surface area contributed by atoms with Crippen LogP contribution in [0.4, 0.5) is 0 Å². The summed E-state index contributed by atoms with van der Waals surface area (Å²) in [5, 5.41) is 0. The summed E-state index contributed by atoms with van der Waals surface area (Å²) in [6.07, 6.45) is 0. The van der Waals surface area contributed by atoms with Crippen LogP contribution in [0, 0.1) is 0 Å². The molecule has 0 fully saturated rings. The van der Waals surface area contributed by atoms with Gasteiger partial charge in [0.05, 0.1) is 0 Å². The molecular formula is Br5KRh. The SMILES string of the molecule is [Br][Rh]([Br])([Br])([Br])[Br].[K]. The summed E-state index contributed by atoms with van der Waals surface area (Å²) < 4.78 is -2.34. The van der Waals surface area contributed by atoms with Gasteiger partial charge in [-0.3, -0.25) is 0 Å². The predicted octanol–water partition coefficient (Wildman–Crippen LogP) is 3.84. The average Bonchev–Trinajstić information content (AvgIpc) is 0.650. The molecule has 0 bridgehead atoms. The standard InChI is InChI=1S/5BrH.K.Rh/h5*1H;;/q;;;;;;+5/p-5. The van der Waals surface area contributed by atoms with E-state index in [0.717, 1.165) is 0 Å². The van der Waals surface area contributed by atoms with Crippen molar-refractivity contribution in [3.63, 3.8) is 0 Å². The zero-order valence-corrected chi connectivity index (χ0v) is 15.9. The van der Waals surface area contributed by atoms with E-state index in [2.05, 4.69) is 68.1 Å². The maximum atomic E-state index is 3.32. The fourth-order valence-corrected chi connectivity index (χ4v) is 0. The molecule has 0 aromatic heterocycles. The van der Waals surface area contributed by atoms with Crippen LogP contribution in [0.15, 0.2) is 0 Å². The van der Waals surface area contributed by atoms with Gasteiger partial charge in [-0.1, -0.05) is 0 Å². The van der Waals surface area contributed by atoms with Gasteiger partial charge in [0.25, 0.3) is 0 Å². The summed E-state index contributed by atoms with van der Waals surface area (Å²) in [6, 6.07) is 0. The summed E-state index contributed by atoms with van der Waals surface area (Å²) in [5.41, 5.74) is 0. The Morgan fingerprint density at radius 1 is 0.714 bits per heavy atom. The van der Waals surface area contributed by atoms with Gasteiger partial charge in [-0.2, -0.15) is 0 Å². The number of halogens is 5. The fraction of sp³-hybridized carbons (Fsp3) is 0. The van der Waals surface area contributed by atoms with Crippen LogP contribution in [0.5, 0.6) is 0 Å². The third-order valence-corrected chi connectivity index (χ3v) is 0. The Morgan fingerprint density at radius 2 is 0.714 bits per heavy atom. The van der Waals surface area contributed by atoms with Crippen molar-refractivity contribution in [2.24, 2.45) is 0 Å². The maximum absolute atomic E-state index is 3.32. The Balaban J connectivity index is 0. The van der Waals surface area contributed by atoms with E-state index >= 15 is 0 Å². The monoisotopic (exact) mass is 536 g/mol. The third kappa shape index (κ3) is 36.8. The Hall–Kier alpha value is 4.66. The quantitative estimate of drug-likeness (QED) is 0.409. The summed E-state index contributed by atoms with van der Waals surface area (Å²) in [7, 11) is 0. The largest absolute Gasteiger partial charge is 0 e. The second-order valence-corrected chi connectivity index (χ2v) is 76.1. The molecule has 0 aliphatic heterocycles. The van der Waals surface area contributed by atoms with Crippen molar-refractivity contribution in [1.29, 1.82) is 0 Å². The van der Waals surface area contributed by atoms with E-state index in [4.69, 9.17) is 0 Å². The van der Waals surface area contributed by atoms with E-state index in [9.17, 15) is 0 Å². The molecule has 0 aliphatic carbocycles. The molecule has 0 saturated heterocycles. The van der Waals surface area contributed by atoms with Gasteiger partial charge >= 0.3 is 71.9 Å². The van der Waals surface area contributed by atoms with Gasteiger partial charge in [-0.05, 0) is 0 Å². The maximum Gasteiger partial charge on any atom is 0 e. The van der Waals surface area contributed by atoms with Crippen LogP contribution in [0.1, 0.15) is 0 Å². The molecule has 0 amide bonds. The van der Waals surface area contributed by atoms with Crippen LogP contribution in [-0.2, 0) is 3.80 Å². The van der Waals surface area contributed by atoms with Gasteiger partial charge in [0.1, 0.15) is 0 Å². The molecule has 0 aromatic carbocycles. The van der Waals surface area contributed by atoms with Crippen molar-refractivity contribution in [2.45, 2.75) is 0 Å². The fourth-order valence-electron chi connectivity index (χ4n) is 0. The number of rotatable bonds is 0. The molecule has 0 aromatic rings. The van der Waals surface area contributed by atoms with Crippen LogP contribution in [0.25, 0.3) is 0 Å². The molecule has 0 atom stereocenters. The molecule has 0 N–H and O–H groups in total. The van der Waals surface area contributed by atoms with E-state index in [1.165, 1.54) is 0 Å². The van der Waals surface area contributed by atoms with Crippen molar-refractivity contribution in [1.82, 2.24) is 0 Å². The molecule has 45 valence electrons. The Kier molecular flexibility index (Phi) is 9.39. The van der Waals surface area contributed by atoms with E-state index in [-0.39, 0.29) is 51.4 Å². The van der Waals surface area contributed by atoms with E-state index < -0.39 is 3.80 Å². The molecule has 0 rings (SSSR count). The second kappa shape index (κ2) is 4.63. The predicted molar refractivity (Wildman–Crippen MR) is 50.4 cm³/mol. The van der Waals surface area contributed by atoms with Crippen LogP contribution in [-0.4, -0.2) is 51.4 Å². The second-order valence-electron chi connectivity index (χ2n) is 0.476. The molecule has 0 spiro atoms. The minimum atomic E-state index is -2.34. The summed E-state index contributed by atoms with van der Waals surface area (Å²) in [6.45, 7) is 0. The topological polar surface area (TPSA) is 0 Å². The van der Waals surface area contributed by atoms with Crippen molar-refractivity contribution in [3.8, 4) is 0 Å². The zero-order chi connectivity index (χ0) is 5.45. The molecule has 0 saturated carbocycles. The summed E-state index contributed by atoms with van der Waals surface area (Å²) in [4.78, 5) is 0. The van der Waals surface area contributed by atoms with E-state index in [0.29, 0.717) is 0 Å². The number of hydrogen-bond donors (Lipinski definition) is 0. The normalized spacial score (nSPS) is 16.4. The minimum Gasteiger partial charge on any atom is 0 e. The molecular weight excluding hydrogens is 542 g/mol. The first-order valence-electron chi connectivity index (χ1n) is 0.630. The van der Waals surface area contributed by atoms with Gasteiger partial charge in [0.15, 0.2) is 0 Å². The molecule has 0 nitrogen and oxygen atoms in total. The third-order valence-electron chi connectivity index (χ3n) is 0. The van der Waals surface area contributed by atoms with Gasteiger partial charge in [0.2, 0.25) is 0 Å². The molecule has 7 heavy (non-hydrogen) atoms. The first-order chi connectivity index (χ1) is 2.24. The van der Waals surface area contributed by atoms with Crippen LogP contribution >= 0.6 is 68.1 Å². The first-order valence-corrected chi connectivity index (χ1v) is 19.4. The van der Waals surface area contributed by atoms with E-state index in [1.54, 1.807) is 0 Å². The Morgan fingerprint density at radius 3 is 0.714 bits per heavy atom. The van der Waals surface area contributed by atoms with Crippen molar-refractivity contribution in [2.75, 3.05) is 0 Å².